The zero-order valence-electron chi connectivity index (χ0n) is 15.3. The molecule has 9 heteroatoms. The van der Waals surface area contributed by atoms with Gasteiger partial charge in [-0.3, -0.25) is 4.72 Å². The average molecular weight is 432 g/mol. The van der Waals surface area contributed by atoms with E-state index >= 15 is 0 Å². The van der Waals surface area contributed by atoms with Gasteiger partial charge in [0, 0.05) is 22.1 Å². The maximum Gasteiger partial charge on any atom is 0.323 e. The van der Waals surface area contributed by atoms with E-state index in [0.29, 0.717) is 27.8 Å². The fraction of sp³-hybridized carbons (Fsp3) is 0.0500. The van der Waals surface area contributed by atoms with Crippen LogP contribution in [0.25, 0.3) is 0 Å². The van der Waals surface area contributed by atoms with Gasteiger partial charge in [-0.15, -0.1) is 0 Å². The third kappa shape index (κ3) is 5.63. The maximum atomic E-state index is 12.5. The van der Waals surface area contributed by atoms with Crippen molar-refractivity contribution in [3.63, 3.8) is 0 Å². The first-order valence-corrected chi connectivity index (χ1v) is 10.3. The smallest absolute Gasteiger partial charge is 0.323 e. The molecule has 0 heterocycles. The van der Waals surface area contributed by atoms with Gasteiger partial charge >= 0.3 is 6.03 Å². The Morgan fingerprint density at radius 2 is 1.48 bits per heavy atom. The molecule has 0 atom stereocenters. The maximum absolute atomic E-state index is 12.5. The third-order valence-corrected chi connectivity index (χ3v) is 5.48. The fourth-order valence-corrected chi connectivity index (χ4v) is 3.70. The molecule has 29 heavy (non-hydrogen) atoms. The number of anilines is 3. The number of sulfonamides is 1. The van der Waals surface area contributed by atoms with Gasteiger partial charge in [-0.05, 0) is 66.7 Å². The van der Waals surface area contributed by atoms with Crippen LogP contribution in [0.3, 0.4) is 0 Å². The monoisotopic (exact) mass is 431 g/mol. The van der Waals surface area contributed by atoms with E-state index in [1.165, 1.54) is 31.4 Å². The molecule has 0 radical (unpaired) electrons. The lowest BCUT2D eigenvalue weighted by atomic mass is 10.3. The van der Waals surface area contributed by atoms with Crippen molar-refractivity contribution >= 4 is 44.7 Å². The predicted octanol–water partition coefficient (Wildman–Crippen LogP) is 4.79. The van der Waals surface area contributed by atoms with E-state index in [2.05, 4.69) is 15.4 Å². The number of halogens is 1. The number of carbonyl (C=O) groups excluding carboxylic acids is 1. The predicted molar refractivity (Wildman–Crippen MR) is 114 cm³/mol. The zero-order valence-corrected chi connectivity index (χ0v) is 16.9. The normalized spacial score (nSPS) is 10.8. The SMILES string of the molecule is COc1ccc(NS(=O)(=O)c2ccc(NC(=O)Nc3cccc(Cl)c3)cc2)cc1. The van der Waals surface area contributed by atoms with Crippen LogP contribution in [0.4, 0.5) is 21.9 Å². The van der Waals surface area contributed by atoms with Gasteiger partial charge in [0.1, 0.15) is 5.75 Å². The number of carbonyl (C=O) groups is 1. The van der Waals surface area contributed by atoms with Gasteiger partial charge in [0.15, 0.2) is 0 Å². The van der Waals surface area contributed by atoms with Gasteiger partial charge in [-0.2, -0.15) is 0 Å². The average Bonchev–Trinajstić information content (AvgIpc) is 2.68. The molecule has 150 valence electrons. The van der Waals surface area contributed by atoms with Gasteiger partial charge < -0.3 is 15.4 Å². The molecule has 0 bridgehead atoms. The molecule has 3 N–H and O–H groups in total. The Bertz CT molecular complexity index is 1100. The van der Waals surface area contributed by atoms with Crippen LogP contribution in [0.1, 0.15) is 0 Å². The number of nitrogens with one attached hydrogen (secondary N) is 3. The second-order valence-electron chi connectivity index (χ2n) is 5.95. The molecule has 0 aromatic heterocycles. The molecule has 3 rings (SSSR count). The van der Waals surface area contributed by atoms with E-state index in [-0.39, 0.29) is 4.90 Å². The number of benzene rings is 3. The minimum atomic E-state index is -3.77. The van der Waals surface area contributed by atoms with Crippen molar-refractivity contribution in [2.45, 2.75) is 4.90 Å². The molecule has 0 saturated heterocycles. The van der Waals surface area contributed by atoms with E-state index < -0.39 is 16.1 Å². The second kappa shape index (κ2) is 8.85. The summed E-state index contributed by atoms with van der Waals surface area (Å²) in [6.45, 7) is 0. The summed E-state index contributed by atoms with van der Waals surface area (Å²) in [4.78, 5) is 12.1. The summed E-state index contributed by atoms with van der Waals surface area (Å²) in [6, 6.07) is 18.6. The van der Waals surface area contributed by atoms with Gasteiger partial charge in [0.25, 0.3) is 10.0 Å². The van der Waals surface area contributed by atoms with Crippen LogP contribution < -0.4 is 20.1 Å². The van der Waals surface area contributed by atoms with Crippen LogP contribution in [0.15, 0.2) is 77.7 Å². The summed E-state index contributed by atoms with van der Waals surface area (Å²) in [6.07, 6.45) is 0. The molecule has 0 aliphatic heterocycles. The lowest BCUT2D eigenvalue weighted by Gasteiger charge is -2.10. The number of methoxy groups -OCH3 is 1. The first kappa shape index (κ1) is 20.5. The van der Waals surface area contributed by atoms with Crippen LogP contribution in [-0.4, -0.2) is 21.6 Å². The van der Waals surface area contributed by atoms with Crippen LogP contribution in [0, 0.1) is 0 Å². The number of ether oxygens (including phenoxy) is 1. The molecule has 2 amide bonds. The van der Waals surface area contributed by atoms with Crippen molar-refractivity contribution in [2.24, 2.45) is 0 Å². The van der Waals surface area contributed by atoms with E-state index in [9.17, 15) is 13.2 Å². The Morgan fingerprint density at radius 3 is 2.10 bits per heavy atom. The molecule has 0 fully saturated rings. The molecular weight excluding hydrogens is 414 g/mol. The quantitative estimate of drug-likeness (QED) is 0.522. The summed E-state index contributed by atoms with van der Waals surface area (Å²) >= 11 is 5.88. The number of hydrogen-bond acceptors (Lipinski definition) is 4. The Balaban J connectivity index is 1.64. The van der Waals surface area contributed by atoms with Crippen molar-refractivity contribution in [3.05, 3.63) is 77.8 Å². The van der Waals surface area contributed by atoms with Crippen LogP contribution in [-0.2, 0) is 10.0 Å². The number of hydrogen-bond donors (Lipinski definition) is 3. The second-order valence-corrected chi connectivity index (χ2v) is 8.07. The van der Waals surface area contributed by atoms with Crippen molar-refractivity contribution in [2.75, 3.05) is 22.5 Å². The molecular formula is C20H18ClN3O4S. The fourth-order valence-electron chi connectivity index (χ4n) is 2.45. The molecule has 0 spiro atoms. The van der Waals surface area contributed by atoms with Gasteiger partial charge in [-0.25, -0.2) is 13.2 Å². The Hall–Kier alpha value is -3.23. The molecule has 0 saturated carbocycles. The molecule has 3 aromatic rings. The van der Waals surface area contributed by atoms with E-state index in [1.54, 1.807) is 48.5 Å². The lowest BCUT2D eigenvalue weighted by molar-refractivity contribution is 0.262. The molecule has 7 nitrogen and oxygen atoms in total. The van der Waals surface area contributed by atoms with Crippen LogP contribution >= 0.6 is 11.6 Å². The summed E-state index contributed by atoms with van der Waals surface area (Å²) in [5, 5.41) is 5.77. The van der Waals surface area contributed by atoms with Gasteiger partial charge in [0.05, 0.1) is 12.0 Å². The summed E-state index contributed by atoms with van der Waals surface area (Å²) in [5.74, 6) is 0.624. The van der Waals surface area contributed by atoms with E-state index in [4.69, 9.17) is 16.3 Å². The molecule has 0 aliphatic carbocycles. The topological polar surface area (TPSA) is 96.5 Å². The van der Waals surface area contributed by atoms with Gasteiger partial charge in [0.2, 0.25) is 0 Å². The molecule has 0 unspecified atom stereocenters. The Morgan fingerprint density at radius 1 is 0.862 bits per heavy atom. The minimum absolute atomic E-state index is 0.0640. The third-order valence-electron chi connectivity index (χ3n) is 3.85. The highest BCUT2D eigenvalue weighted by molar-refractivity contribution is 7.92. The first-order chi connectivity index (χ1) is 13.9. The Kier molecular flexibility index (Phi) is 6.26. The highest BCUT2D eigenvalue weighted by Gasteiger charge is 2.14. The summed E-state index contributed by atoms with van der Waals surface area (Å²) in [7, 11) is -2.23. The molecule has 0 aliphatic rings. The van der Waals surface area contributed by atoms with Gasteiger partial charge in [-0.1, -0.05) is 17.7 Å². The van der Waals surface area contributed by atoms with Crippen molar-refractivity contribution in [1.29, 1.82) is 0 Å². The van der Waals surface area contributed by atoms with Crippen molar-refractivity contribution in [1.82, 2.24) is 0 Å². The largest absolute Gasteiger partial charge is 0.497 e. The number of urea groups is 1. The van der Waals surface area contributed by atoms with Crippen LogP contribution in [0.2, 0.25) is 5.02 Å². The van der Waals surface area contributed by atoms with Crippen molar-refractivity contribution in [3.8, 4) is 5.75 Å². The highest BCUT2D eigenvalue weighted by Crippen LogP contribution is 2.21. The zero-order chi connectivity index (χ0) is 20.9. The minimum Gasteiger partial charge on any atom is -0.497 e. The van der Waals surface area contributed by atoms with Crippen LogP contribution in [0.5, 0.6) is 5.75 Å². The van der Waals surface area contributed by atoms with E-state index in [1.807, 2.05) is 0 Å². The van der Waals surface area contributed by atoms with Crippen molar-refractivity contribution < 1.29 is 17.9 Å². The number of amides is 2. The highest BCUT2D eigenvalue weighted by atomic mass is 35.5. The summed E-state index contributed by atoms with van der Waals surface area (Å²) < 4.78 is 32.6. The standard InChI is InChI=1S/C20H18ClN3O4S/c1-28-18-9-5-16(6-10-18)24-29(26,27)19-11-7-15(8-12-19)22-20(25)23-17-4-2-3-14(21)13-17/h2-13,24H,1H3,(H2,22,23,25). The van der Waals surface area contributed by atoms with E-state index in [0.717, 1.165) is 0 Å². The molecule has 3 aromatic carbocycles. The Labute approximate surface area is 173 Å². The first-order valence-electron chi connectivity index (χ1n) is 8.46. The lowest BCUT2D eigenvalue weighted by Crippen LogP contribution is -2.19. The summed E-state index contributed by atoms with van der Waals surface area (Å²) in [5.41, 5.74) is 1.39. The number of rotatable bonds is 6.